The van der Waals surface area contributed by atoms with Gasteiger partial charge in [0, 0.05) is 10.8 Å². The highest BCUT2D eigenvalue weighted by atomic mass is 32.2. The molecule has 27 heavy (non-hydrogen) atoms. The molecular weight excluding hydrogens is 386 g/mol. The molecule has 140 valence electrons. The van der Waals surface area contributed by atoms with E-state index >= 15 is 0 Å². The van der Waals surface area contributed by atoms with Crippen LogP contribution in [0.5, 0.6) is 5.75 Å². The lowest BCUT2D eigenvalue weighted by molar-refractivity contribution is -0.133. The zero-order valence-electron chi connectivity index (χ0n) is 14.4. The van der Waals surface area contributed by atoms with E-state index in [4.69, 9.17) is 9.84 Å². The van der Waals surface area contributed by atoms with Crippen LogP contribution in [0, 0.1) is 0 Å². The van der Waals surface area contributed by atoms with Gasteiger partial charge in [0.15, 0.2) is 0 Å². The van der Waals surface area contributed by atoms with Crippen LogP contribution < -0.4 is 9.46 Å². The zero-order chi connectivity index (χ0) is 19.4. The van der Waals surface area contributed by atoms with Crippen molar-refractivity contribution in [2.45, 2.75) is 9.79 Å². The second kappa shape index (κ2) is 7.89. The molecule has 0 aliphatic heterocycles. The Labute approximate surface area is 161 Å². The second-order valence-corrected chi connectivity index (χ2v) is 8.30. The van der Waals surface area contributed by atoms with Gasteiger partial charge in [-0.3, -0.25) is 9.52 Å². The minimum Gasteiger partial charge on any atom is -0.495 e. The van der Waals surface area contributed by atoms with Crippen molar-refractivity contribution in [1.29, 1.82) is 0 Å². The predicted molar refractivity (Wildman–Crippen MR) is 106 cm³/mol. The fraction of sp³-hybridized carbons (Fsp3) is 0.105. The smallest absolute Gasteiger partial charge is 0.313 e. The number of benzene rings is 3. The first-order valence-electron chi connectivity index (χ1n) is 7.94. The molecule has 8 heteroatoms. The van der Waals surface area contributed by atoms with E-state index in [2.05, 4.69) is 4.72 Å². The van der Waals surface area contributed by atoms with Crippen molar-refractivity contribution in [2.75, 3.05) is 17.6 Å². The van der Waals surface area contributed by atoms with E-state index in [0.29, 0.717) is 27.1 Å². The van der Waals surface area contributed by atoms with Crippen LogP contribution in [0.15, 0.2) is 70.5 Å². The largest absolute Gasteiger partial charge is 0.495 e. The monoisotopic (exact) mass is 403 g/mol. The Kier molecular flexibility index (Phi) is 5.57. The average Bonchev–Trinajstić information content (AvgIpc) is 2.67. The van der Waals surface area contributed by atoms with Crippen molar-refractivity contribution in [3.05, 3.63) is 60.7 Å². The summed E-state index contributed by atoms with van der Waals surface area (Å²) in [7, 11) is -2.29. The molecule has 0 fully saturated rings. The van der Waals surface area contributed by atoms with E-state index in [1.165, 1.54) is 19.2 Å². The summed E-state index contributed by atoms with van der Waals surface area (Å²) in [6.45, 7) is 0. The number of carbonyl (C=O) groups is 1. The number of methoxy groups -OCH3 is 1. The van der Waals surface area contributed by atoms with Crippen molar-refractivity contribution in [2.24, 2.45) is 0 Å². The summed E-state index contributed by atoms with van der Waals surface area (Å²) >= 11 is 1.07. The number of nitrogens with one attached hydrogen (secondary N) is 1. The molecule has 0 spiro atoms. The molecule has 0 aliphatic carbocycles. The highest BCUT2D eigenvalue weighted by molar-refractivity contribution is 8.00. The van der Waals surface area contributed by atoms with Gasteiger partial charge < -0.3 is 9.84 Å². The van der Waals surface area contributed by atoms with Gasteiger partial charge in [-0.1, -0.05) is 42.5 Å². The fourth-order valence-electron chi connectivity index (χ4n) is 2.67. The third-order valence-corrected chi connectivity index (χ3v) is 6.20. The molecule has 0 heterocycles. The summed E-state index contributed by atoms with van der Waals surface area (Å²) in [4.78, 5) is 11.7. The normalized spacial score (nSPS) is 11.3. The third kappa shape index (κ3) is 4.17. The van der Waals surface area contributed by atoms with E-state index in [1.54, 1.807) is 42.5 Å². The highest BCUT2D eigenvalue weighted by Crippen LogP contribution is 2.41. The van der Waals surface area contributed by atoms with Crippen molar-refractivity contribution in [1.82, 2.24) is 0 Å². The molecule has 0 atom stereocenters. The second-order valence-electron chi connectivity index (χ2n) is 5.60. The summed E-state index contributed by atoms with van der Waals surface area (Å²) in [5.74, 6) is -0.624. The number of hydrogen-bond acceptors (Lipinski definition) is 5. The fourth-order valence-corrected chi connectivity index (χ4v) is 4.56. The Bertz CT molecular complexity index is 1080. The number of fused-ring (bicyclic) bond motifs is 1. The molecule has 0 radical (unpaired) electrons. The summed E-state index contributed by atoms with van der Waals surface area (Å²) in [5.41, 5.74) is 0.364. The molecular formula is C19H17NO5S2. The summed E-state index contributed by atoms with van der Waals surface area (Å²) in [6, 6.07) is 16.9. The summed E-state index contributed by atoms with van der Waals surface area (Å²) < 4.78 is 33.6. The molecule has 2 N–H and O–H groups in total. The average molecular weight is 403 g/mol. The molecule has 0 aliphatic rings. The van der Waals surface area contributed by atoms with E-state index in [0.717, 1.165) is 11.8 Å². The number of carboxylic acid groups (broad SMARTS) is 1. The number of carboxylic acids is 1. The number of aliphatic carboxylic acids is 1. The van der Waals surface area contributed by atoms with Crippen LogP contribution in [0.3, 0.4) is 0 Å². The van der Waals surface area contributed by atoms with Gasteiger partial charge >= 0.3 is 5.97 Å². The molecule has 0 saturated carbocycles. The van der Waals surface area contributed by atoms with Crippen LogP contribution in [-0.2, 0) is 14.8 Å². The Morgan fingerprint density at radius 1 is 1.07 bits per heavy atom. The van der Waals surface area contributed by atoms with Gasteiger partial charge in [0.2, 0.25) is 0 Å². The van der Waals surface area contributed by atoms with Crippen molar-refractivity contribution < 1.29 is 23.1 Å². The van der Waals surface area contributed by atoms with Crippen LogP contribution in [0.1, 0.15) is 0 Å². The van der Waals surface area contributed by atoms with Crippen LogP contribution in [0.2, 0.25) is 0 Å². The van der Waals surface area contributed by atoms with Gasteiger partial charge in [0.1, 0.15) is 5.75 Å². The Balaban J connectivity index is 2.13. The lowest BCUT2D eigenvalue weighted by Crippen LogP contribution is -2.13. The number of anilines is 1. The Hall–Kier alpha value is -2.71. The van der Waals surface area contributed by atoms with Crippen LogP contribution >= 0.6 is 11.8 Å². The standard InChI is InChI=1S/C19H17NO5S2/c1-25-19-15-10-6-5-9-14(15)16(11-17(19)26-12-18(21)22)20-27(23,24)13-7-3-2-4-8-13/h2-11,20H,12H2,1H3,(H,21,22). The maximum absolute atomic E-state index is 12.7. The molecule has 0 aromatic heterocycles. The number of rotatable bonds is 7. The molecule has 0 saturated heterocycles. The Morgan fingerprint density at radius 3 is 2.33 bits per heavy atom. The van der Waals surface area contributed by atoms with E-state index in [-0.39, 0.29) is 10.6 Å². The molecule has 3 rings (SSSR count). The first-order valence-corrected chi connectivity index (χ1v) is 10.4. The number of hydrogen-bond donors (Lipinski definition) is 2. The van der Waals surface area contributed by atoms with Gasteiger partial charge in [-0.2, -0.15) is 0 Å². The van der Waals surface area contributed by atoms with Gasteiger partial charge in [-0.15, -0.1) is 11.8 Å². The number of thioether (sulfide) groups is 1. The van der Waals surface area contributed by atoms with Gasteiger partial charge in [-0.05, 0) is 18.2 Å². The molecule has 3 aromatic carbocycles. The first-order chi connectivity index (χ1) is 12.9. The molecule has 0 unspecified atom stereocenters. The Morgan fingerprint density at radius 2 is 1.70 bits per heavy atom. The maximum atomic E-state index is 12.7. The maximum Gasteiger partial charge on any atom is 0.313 e. The highest BCUT2D eigenvalue weighted by Gasteiger charge is 2.19. The lowest BCUT2D eigenvalue weighted by atomic mass is 10.1. The van der Waals surface area contributed by atoms with E-state index in [9.17, 15) is 13.2 Å². The predicted octanol–water partition coefficient (Wildman–Crippen LogP) is 3.83. The summed E-state index contributed by atoms with van der Waals surface area (Å²) in [6.07, 6.45) is 0. The zero-order valence-corrected chi connectivity index (χ0v) is 16.0. The summed E-state index contributed by atoms with van der Waals surface area (Å²) in [5, 5.41) is 10.3. The third-order valence-electron chi connectivity index (χ3n) is 3.81. The van der Waals surface area contributed by atoms with Crippen molar-refractivity contribution >= 4 is 44.2 Å². The lowest BCUT2D eigenvalue weighted by Gasteiger charge is -2.16. The van der Waals surface area contributed by atoms with E-state index in [1.807, 2.05) is 6.07 Å². The number of ether oxygens (including phenoxy) is 1. The van der Waals surface area contributed by atoms with Crippen LogP contribution in [0.25, 0.3) is 10.8 Å². The van der Waals surface area contributed by atoms with Crippen LogP contribution in [-0.4, -0.2) is 32.4 Å². The topological polar surface area (TPSA) is 92.7 Å². The van der Waals surface area contributed by atoms with Gasteiger partial charge in [0.25, 0.3) is 10.0 Å². The SMILES string of the molecule is COc1c(SCC(=O)O)cc(NS(=O)(=O)c2ccccc2)c2ccccc12. The molecule has 6 nitrogen and oxygen atoms in total. The first kappa shape index (κ1) is 19.1. The van der Waals surface area contributed by atoms with Gasteiger partial charge in [-0.25, -0.2) is 8.42 Å². The minimum atomic E-state index is -3.79. The number of sulfonamides is 1. The van der Waals surface area contributed by atoms with Crippen molar-refractivity contribution in [3.8, 4) is 5.75 Å². The molecule has 0 bridgehead atoms. The molecule has 3 aromatic rings. The van der Waals surface area contributed by atoms with Gasteiger partial charge in [0.05, 0.1) is 28.3 Å². The van der Waals surface area contributed by atoms with Crippen LogP contribution in [0.4, 0.5) is 5.69 Å². The van der Waals surface area contributed by atoms with E-state index < -0.39 is 16.0 Å². The minimum absolute atomic E-state index is 0.143. The quantitative estimate of drug-likeness (QED) is 0.583. The van der Waals surface area contributed by atoms with Crippen molar-refractivity contribution in [3.63, 3.8) is 0 Å². The molecule has 0 amide bonds.